The smallest absolute Gasteiger partial charge is 0.408 e. The van der Waals surface area contributed by atoms with Gasteiger partial charge in [-0.15, -0.1) is 0 Å². The number of carbonyl (C=O) groups is 3. The summed E-state index contributed by atoms with van der Waals surface area (Å²) in [4.78, 5) is 39.6. The minimum atomic E-state index is -0.814. The van der Waals surface area contributed by atoms with Crippen LogP contribution in [0.1, 0.15) is 61.8 Å². The zero-order chi connectivity index (χ0) is 21.2. The Kier molecular flexibility index (Phi) is 7.30. The van der Waals surface area contributed by atoms with Crippen LogP contribution >= 0.6 is 0 Å². The molecular weight excluding hydrogens is 348 g/mol. The highest BCUT2D eigenvalue weighted by Crippen LogP contribution is 2.33. The predicted molar refractivity (Wildman–Crippen MR) is 103 cm³/mol. The number of hydrogen-bond donors (Lipinski definition) is 1. The van der Waals surface area contributed by atoms with Crippen molar-refractivity contribution in [2.45, 2.75) is 79.5 Å². The minimum absolute atomic E-state index is 0.0311. The Morgan fingerprint density at radius 3 is 2.04 bits per heavy atom. The summed E-state index contributed by atoms with van der Waals surface area (Å²) in [5.74, 6) is -0.432. The quantitative estimate of drug-likeness (QED) is 0.753. The SMILES string of the molecule is COC(=O)[C@@H]1C(C(C)C)CCN1C(=O)[C@@H](NC(=O)OC(C)(C)C)C(C)(C)C. The van der Waals surface area contributed by atoms with Gasteiger partial charge in [0.25, 0.3) is 0 Å². The number of methoxy groups -OCH3 is 1. The van der Waals surface area contributed by atoms with Crippen LogP contribution < -0.4 is 5.32 Å². The molecule has 0 spiro atoms. The molecule has 7 nitrogen and oxygen atoms in total. The summed E-state index contributed by atoms with van der Waals surface area (Å²) in [5, 5.41) is 2.71. The van der Waals surface area contributed by atoms with E-state index in [1.165, 1.54) is 7.11 Å². The Labute approximate surface area is 163 Å². The van der Waals surface area contributed by atoms with Gasteiger partial charge >= 0.3 is 12.1 Å². The third kappa shape index (κ3) is 6.11. The van der Waals surface area contributed by atoms with Crippen LogP contribution in [0.3, 0.4) is 0 Å². The molecule has 7 heteroatoms. The van der Waals surface area contributed by atoms with E-state index in [1.807, 2.05) is 34.6 Å². The van der Waals surface area contributed by atoms with Crippen molar-refractivity contribution in [3.8, 4) is 0 Å². The molecule has 1 saturated heterocycles. The molecule has 0 saturated carbocycles. The van der Waals surface area contributed by atoms with Crippen LogP contribution in [-0.4, -0.2) is 54.2 Å². The third-order valence-electron chi connectivity index (χ3n) is 4.80. The van der Waals surface area contributed by atoms with Gasteiger partial charge in [-0.1, -0.05) is 34.6 Å². The lowest BCUT2D eigenvalue weighted by molar-refractivity contribution is -0.154. The van der Waals surface area contributed by atoms with E-state index in [2.05, 4.69) is 5.32 Å². The van der Waals surface area contributed by atoms with Gasteiger partial charge in [0.05, 0.1) is 7.11 Å². The average molecular weight is 385 g/mol. The highest BCUT2D eigenvalue weighted by Gasteiger charge is 2.47. The first-order valence-corrected chi connectivity index (χ1v) is 9.57. The number of nitrogens with one attached hydrogen (secondary N) is 1. The zero-order valence-corrected chi connectivity index (χ0v) is 18.2. The topological polar surface area (TPSA) is 84.9 Å². The van der Waals surface area contributed by atoms with E-state index in [-0.39, 0.29) is 17.7 Å². The molecule has 0 aromatic heterocycles. The molecule has 2 amide bonds. The van der Waals surface area contributed by atoms with Gasteiger partial charge in [-0.2, -0.15) is 0 Å². The zero-order valence-electron chi connectivity index (χ0n) is 18.2. The molecule has 1 unspecified atom stereocenters. The fourth-order valence-corrected chi connectivity index (χ4v) is 3.42. The summed E-state index contributed by atoms with van der Waals surface area (Å²) in [6.45, 7) is 15.4. The van der Waals surface area contributed by atoms with E-state index in [4.69, 9.17) is 9.47 Å². The van der Waals surface area contributed by atoms with Gasteiger partial charge < -0.3 is 19.7 Å². The minimum Gasteiger partial charge on any atom is -0.467 e. The van der Waals surface area contributed by atoms with E-state index < -0.39 is 35.2 Å². The fraction of sp³-hybridized carbons (Fsp3) is 0.850. The largest absolute Gasteiger partial charge is 0.467 e. The van der Waals surface area contributed by atoms with Crippen molar-refractivity contribution >= 4 is 18.0 Å². The van der Waals surface area contributed by atoms with Crippen molar-refractivity contribution in [1.82, 2.24) is 10.2 Å². The number of carbonyl (C=O) groups excluding carboxylic acids is 3. The molecule has 156 valence electrons. The number of nitrogens with zero attached hydrogens (tertiary/aromatic N) is 1. The number of hydrogen-bond acceptors (Lipinski definition) is 5. The number of rotatable bonds is 4. The lowest BCUT2D eigenvalue weighted by Gasteiger charge is -2.36. The molecule has 1 fully saturated rings. The first kappa shape index (κ1) is 23.2. The van der Waals surface area contributed by atoms with Gasteiger partial charge in [0.2, 0.25) is 5.91 Å². The molecule has 1 aliphatic rings. The summed E-state index contributed by atoms with van der Waals surface area (Å²) in [6.07, 6.45) is 0.0805. The lowest BCUT2D eigenvalue weighted by Crippen LogP contribution is -2.58. The van der Waals surface area contributed by atoms with Crippen LogP contribution in [0.25, 0.3) is 0 Å². The van der Waals surface area contributed by atoms with Crippen molar-refractivity contribution in [2.75, 3.05) is 13.7 Å². The third-order valence-corrected chi connectivity index (χ3v) is 4.80. The monoisotopic (exact) mass is 384 g/mol. The van der Waals surface area contributed by atoms with E-state index in [1.54, 1.807) is 25.7 Å². The van der Waals surface area contributed by atoms with Crippen molar-refractivity contribution in [2.24, 2.45) is 17.3 Å². The Morgan fingerprint density at radius 1 is 1.07 bits per heavy atom. The number of amides is 2. The van der Waals surface area contributed by atoms with Gasteiger partial charge in [0.15, 0.2) is 0 Å². The highest BCUT2D eigenvalue weighted by molar-refractivity contribution is 5.91. The molecule has 0 aromatic carbocycles. The Bertz CT molecular complexity index is 560. The van der Waals surface area contributed by atoms with Gasteiger partial charge in [-0.05, 0) is 44.4 Å². The Hall–Kier alpha value is -1.79. The maximum absolute atomic E-state index is 13.3. The molecule has 1 heterocycles. The van der Waals surface area contributed by atoms with E-state index in [0.29, 0.717) is 6.54 Å². The summed E-state index contributed by atoms with van der Waals surface area (Å²) in [5.41, 5.74) is -1.22. The van der Waals surface area contributed by atoms with Crippen LogP contribution in [0.2, 0.25) is 0 Å². The van der Waals surface area contributed by atoms with E-state index in [0.717, 1.165) is 6.42 Å². The predicted octanol–water partition coefficient (Wildman–Crippen LogP) is 2.97. The van der Waals surface area contributed by atoms with E-state index >= 15 is 0 Å². The standard InChI is InChI=1S/C20H36N2O5/c1-12(2)13-10-11-22(14(13)17(24)26-9)16(23)15(19(3,4)5)21-18(25)27-20(6,7)8/h12-15H,10-11H2,1-9H3,(H,21,25)/t13?,14-,15+/m0/s1. The van der Waals surface area contributed by atoms with Crippen LogP contribution in [0.15, 0.2) is 0 Å². The van der Waals surface area contributed by atoms with Crippen molar-refractivity contribution in [1.29, 1.82) is 0 Å². The van der Waals surface area contributed by atoms with Crippen LogP contribution in [-0.2, 0) is 19.1 Å². The average Bonchev–Trinajstić information content (AvgIpc) is 2.93. The maximum atomic E-state index is 13.3. The van der Waals surface area contributed by atoms with Gasteiger partial charge in [0, 0.05) is 6.54 Å². The first-order chi connectivity index (χ1) is 12.2. The molecule has 27 heavy (non-hydrogen) atoms. The molecular formula is C20H36N2O5. The maximum Gasteiger partial charge on any atom is 0.408 e. The van der Waals surface area contributed by atoms with Crippen molar-refractivity contribution in [3.63, 3.8) is 0 Å². The van der Waals surface area contributed by atoms with Crippen LogP contribution in [0, 0.1) is 17.3 Å². The Balaban J connectivity index is 3.10. The summed E-state index contributed by atoms with van der Waals surface area (Å²) >= 11 is 0. The normalized spacial score (nSPS) is 21.8. The number of esters is 1. The van der Waals surface area contributed by atoms with Gasteiger partial charge in [-0.25, -0.2) is 9.59 Å². The number of likely N-dealkylation sites (tertiary alicyclic amines) is 1. The molecule has 0 aliphatic carbocycles. The second kappa shape index (κ2) is 8.48. The van der Waals surface area contributed by atoms with Gasteiger partial charge in [0.1, 0.15) is 17.7 Å². The molecule has 1 aliphatic heterocycles. The second-order valence-corrected chi connectivity index (χ2v) is 9.64. The molecule has 1 N–H and O–H groups in total. The number of alkyl carbamates (subject to hydrolysis) is 1. The van der Waals surface area contributed by atoms with Crippen molar-refractivity contribution < 1.29 is 23.9 Å². The lowest BCUT2D eigenvalue weighted by atomic mass is 9.85. The Morgan fingerprint density at radius 2 is 1.63 bits per heavy atom. The first-order valence-electron chi connectivity index (χ1n) is 9.57. The number of ether oxygens (including phenoxy) is 2. The molecule has 1 rings (SSSR count). The molecule has 0 radical (unpaired) electrons. The van der Waals surface area contributed by atoms with Crippen LogP contribution in [0.4, 0.5) is 4.79 Å². The molecule has 0 aromatic rings. The highest BCUT2D eigenvalue weighted by atomic mass is 16.6. The molecule has 0 bridgehead atoms. The second-order valence-electron chi connectivity index (χ2n) is 9.64. The van der Waals surface area contributed by atoms with E-state index in [9.17, 15) is 14.4 Å². The van der Waals surface area contributed by atoms with Crippen LogP contribution in [0.5, 0.6) is 0 Å². The summed E-state index contributed by atoms with van der Waals surface area (Å²) in [7, 11) is 1.33. The fourth-order valence-electron chi connectivity index (χ4n) is 3.42. The summed E-state index contributed by atoms with van der Waals surface area (Å²) < 4.78 is 10.3. The van der Waals surface area contributed by atoms with Gasteiger partial charge in [-0.3, -0.25) is 4.79 Å². The summed E-state index contributed by atoms with van der Waals surface area (Å²) in [6, 6.07) is -1.45. The molecule has 3 atom stereocenters. The van der Waals surface area contributed by atoms with Crippen molar-refractivity contribution in [3.05, 3.63) is 0 Å².